The van der Waals surface area contributed by atoms with Gasteiger partial charge in [-0.15, -0.1) is 0 Å². The van der Waals surface area contributed by atoms with Crippen LogP contribution in [0.1, 0.15) is 24.5 Å². The molecule has 0 aliphatic carbocycles. The Morgan fingerprint density at radius 2 is 2.06 bits per heavy atom. The van der Waals surface area contributed by atoms with Crippen molar-refractivity contribution in [3.8, 4) is 0 Å². The number of rotatable bonds is 4. The molecule has 1 aromatic heterocycles. The van der Waals surface area contributed by atoms with Gasteiger partial charge in [-0.2, -0.15) is 8.78 Å². The van der Waals surface area contributed by atoms with Crippen LogP contribution in [0.4, 0.5) is 17.6 Å². The maximum atomic E-state index is 13.0. The molecule has 0 spiro atoms. The number of hydrogen-bond donors (Lipinski definition) is 1. The molecule has 1 saturated heterocycles. The van der Waals surface area contributed by atoms with Crippen LogP contribution in [-0.4, -0.2) is 35.0 Å². The van der Waals surface area contributed by atoms with E-state index in [1.54, 1.807) is 0 Å². The predicted molar refractivity (Wildman–Crippen MR) is 58.0 cm³/mol. The second-order valence-corrected chi connectivity index (χ2v) is 4.53. The Balaban J connectivity index is 2.12. The van der Waals surface area contributed by atoms with Crippen molar-refractivity contribution in [2.75, 3.05) is 13.1 Å². The summed E-state index contributed by atoms with van der Waals surface area (Å²) in [6.45, 7) is 0.603. The van der Waals surface area contributed by atoms with Crippen molar-refractivity contribution in [1.29, 1.82) is 0 Å². The Morgan fingerprint density at radius 1 is 1.39 bits per heavy atom. The van der Waals surface area contributed by atoms with Gasteiger partial charge in [-0.05, 0) is 25.9 Å². The van der Waals surface area contributed by atoms with E-state index in [4.69, 9.17) is 0 Å². The quantitative estimate of drug-likeness (QED) is 0.846. The summed E-state index contributed by atoms with van der Waals surface area (Å²) in [5, 5.41) is 3.16. The van der Waals surface area contributed by atoms with Crippen molar-refractivity contribution in [2.24, 2.45) is 0 Å². The Kier molecular flexibility index (Phi) is 3.89. The van der Waals surface area contributed by atoms with E-state index in [9.17, 15) is 17.6 Å². The molecule has 102 valence electrons. The number of nitrogens with zero attached hydrogens (tertiary/aromatic N) is 2. The van der Waals surface area contributed by atoms with Crippen molar-refractivity contribution in [1.82, 2.24) is 14.9 Å². The lowest BCUT2D eigenvalue weighted by Crippen LogP contribution is -2.33. The standard InChI is InChI=1S/C11H15F4N3/c12-10(13)11(14,15)6-18-7-17-5-9(18)8-1-3-16-4-2-8/h5,7-8,10,16H,1-4,6H2. The molecule has 2 heterocycles. The number of piperidine rings is 1. The van der Waals surface area contributed by atoms with Gasteiger partial charge in [-0.3, -0.25) is 0 Å². The molecule has 1 aromatic rings. The van der Waals surface area contributed by atoms with Gasteiger partial charge >= 0.3 is 12.3 Å². The Bertz CT molecular complexity index is 385. The summed E-state index contributed by atoms with van der Waals surface area (Å²) < 4.78 is 51.6. The van der Waals surface area contributed by atoms with Crippen molar-refractivity contribution < 1.29 is 17.6 Å². The zero-order valence-corrected chi connectivity index (χ0v) is 9.75. The van der Waals surface area contributed by atoms with Crippen molar-refractivity contribution >= 4 is 0 Å². The monoisotopic (exact) mass is 265 g/mol. The number of hydrogen-bond acceptors (Lipinski definition) is 2. The zero-order chi connectivity index (χ0) is 13.2. The van der Waals surface area contributed by atoms with E-state index in [0.29, 0.717) is 5.69 Å². The molecular formula is C11H15F4N3. The first-order valence-electron chi connectivity index (χ1n) is 5.87. The number of aromatic nitrogens is 2. The first kappa shape index (κ1) is 13.3. The van der Waals surface area contributed by atoms with Gasteiger partial charge in [0, 0.05) is 17.8 Å². The summed E-state index contributed by atoms with van der Waals surface area (Å²) in [4.78, 5) is 3.81. The van der Waals surface area contributed by atoms with Gasteiger partial charge in [0.15, 0.2) is 0 Å². The van der Waals surface area contributed by atoms with Gasteiger partial charge in [0.2, 0.25) is 0 Å². The summed E-state index contributed by atoms with van der Waals surface area (Å²) in [6, 6.07) is 0. The Morgan fingerprint density at radius 3 is 2.67 bits per heavy atom. The van der Waals surface area contributed by atoms with Crippen LogP contribution in [0.2, 0.25) is 0 Å². The second-order valence-electron chi connectivity index (χ2n) is 4.53. The van der Waals surface area contributed by atoms with Crippen LogP contribution >= 0.6 is 0 Å². The highest BCUT2D eigenvalue weighted by molar-refractivity contribution is 5.08. The SMILES string of the molecule is FC(F)C(F)(F)Cn1cncc1C1CCNCC1. The summed E-state index contributed by atoms with van der Waals surface area (Å²) in [5.41, 5.74) is 0.622. The molecule has 0 unspecified atom stereocenters. The Labute approximate surface area is 102 Å². The van der Waals surface area contributed by atoms with Crippen molar-refractivity contribution in [3.63, 3.8) is 0 Å². The third kappa shape index (κ3) is 2.82. The van der Waals surface area contributed by atoms with Gasteiger partial charge in [0.05, 0.1) is 12.9 Å². The minimum Gasteiger partial charge on any atom is -0.328 e. The highest BCUT2D eigenvalue weighted by atomic mass is 19.3. The second kappa shape index (κ2) is 5.26. The number of nitrogens with one attached hydrogen (secondary N) is 1. The molecule has 1 fully saturated rings. The molecular weight excluding hydrogens is 250 g/mol. The maximum Gasteiger partial charge on any atom is 0.324 e. The van der Waals surface area contributed by atoms with Gasteiger partial charge in [0.1, 0.15) is 0 Å². The number of alkyl halides is 4. The number of halogens is 4. The molecule has 2 rings (SSSR count). The molecule has 7 heteroatoms. The molecule has 0 bridgehead atoms. The Hall–Kier alpha value is -1.11. The van der Waals surface area contributed by atoms with Crippen LogP contribution in [0.3, 0.4) is 0 Å². The largest absolute Gasteiger partial charge is 0.328 e. The summed E-state index contributed by atoms with van der Waals surface area (Å²) >= 11 is 0. The average Bonchev–Trinajstić information content (AvgIpc) is 2.77. The maximum absolute atomic E-state index is 13.0. The van der Waals surface area contributed by atoms with Crippen LogP contribution in [0.15, 0.2) is 12.5 Å². The minimum absolute atomic E-state index is 0.113. The van der Waals surface area contributed by atoms with Gasteiger partial charge in [-0.1, -0.05) is 0 Å². The predicted octanol–water partition coefficient (Wildman–Crippen LogP) is 2.25. The molecule has 0 radical (unpaired) electrons. The fourth-order valence-electron chi connectivity index (χ4n) is 2.22. The lowest BCUT2D eigenvalue weighted by atomic mass is 9.95. The van der Waals surface area contributed by atoms with E-state index in [1.165, 1.54) is 12.5 Å². The van der Waals surface area contributed by atoms with Crippen LogP contribution in [0, 0.1) is 0 Å². The van der Waals surface area contributed by atoms with E-state index in [-0.39, 0.29) is 5.92 Å². The summed E-state index contributed by atoms with van der Waals surface area (Å²) in [6.07, 6.45) is 0.670. The third-order valence-electron chi connectivity index (χ3n) is 3.20. The van der Waals surface area contributed by atoms with Crippen LogP contribution < -0.4 is 5.32 Å². The lowest BCUT2D eigenvalue weighted by Gasteiger charge is -2.25. The highest BCUT2D eigenvalue weighted by Crippen LogP contribution is 2.29. The lowest BCUT2D eigenvalue weighted by molar-refractivity contribution is -0.138. The average molecular weight is 265 g/mol. The zero-order valence-electron chi connectivity index (χ0n) is 9.75. The smallest absolute Gasteiger partial charge is 0.324 e. The fourth-order valence-corrected chi connectivity index (χ4v) is 2.22. The van der Waals surface area contributed by atoms with Crippen LogP contribution in [0.5, 0.6) is 0 Å². The van der Waals surface area contributed by atoms with E-state index in [0.717, 1.165) is 30.5 Å². The molecule has 1 aliphatic rings. The van der Waals surface area contributed by atoms with E-state index >= 15 is 0 Å². The molecule has 0 atom stereocenters. The first-order chi connectivity index (χ1) is 8.50. The van der Waals surface area contributed by atoms with Crippen LogP contribution in [0.25, 0.3) is 0 Å². The molecule has 0 amide bonds. The third-order valence-corrected chi connectivity index (χ3v) is 3.20. The molecule has 0 saturated carbocycles. The summed E-state index contributed by atoms with van der Waals surface area (Å²) in [5.74, 6) is -3.90. The van der Waals surface area contributed by atoms with E-state index < -0.39 is 18.9 Å². The molecule has 1 N–H and O–H groups in total. The van der Waals surface area contributed by atoms with Gasteiger partial charge in [0.25, 0.3) is 0 Å². The van der Waals surface area contributed by atoms with Crippen LogP contribution in [-0.2, 0) is 6.54 Å². The number of imidazole rings is 1. The normalized spacial score (nSPS) is 18.5. The molecule has 0 aromatic carbocycles. The molecule has 3 nitrogen and oxygen atoms in total. The minimum atomic E-state index is -4.01. The van der Waals surface area contributed by atoms with E-state index in [1.807, 2.05) is 0 Å². The fraction of sp³-hybridized carbons (Fsp3) is 0.727. The molecule has 18 heavy (non-hydrogen) atoms. The van der Waals surface area contributed by atoms with Gasteiger partial charge in [-0.25, -0.2) is 13.8 Å². The highest BCUT2D eigenvalue weighted by Gasteiger charge is 2.41. The molecule has 1 aliphatic heterocycles. The topological polar surface area (TPSA) is 29.9 Å². The van der Waals surface area contributed by atoms with Crippen molar-refractivity contribution in [3.05, 3.63) is 18.2 Å². The first-order valence-corrected chi connectivity index (χ1v) is 5.87. The summed E-state index contributed by atoms with van der Waals surface area (Å²) in [7, 11) is 0. The van der Waals surface area contributed by atoms with Gasteiger partial charge < -0.3 is 9.88 Å². The van der Waals surface area contributed by atoms with E-state index in [2.05, 4.69) is 10.3 Å². The van der Waals surface area contributed by atoms with Crippen molar-refractivity contribution in [2.45, 2.75) is 37.7 Å².